The van der Waals surface area contributed by atoms with E-state index in [1.165, 1.54) is 77.0 Å². The predicted octanol–water partition coefficient (Wildman–Crippen LogP) is 7.07. The quantitative estimate of drug-likeness (QED) is 0.264. The maximum Gasteiger partial charge on any atom is -0.0202 e. The van der Waals surface area contributed by atoms with Gasteiger partial charge in [0.25, 0.3) is 0 Å². The van der Waals surface area contributed by atoms with Crippen molar-refractivity contribution in [2.75, 3.05) is 0 Å². The summed E-state index contributed by atoms with van der Waals surface area (Å²) < 4.78 is 0. The van der Waals surface area contributed by atoms with E-state index in [9.17, 15) is 0 Å². The lowest BCUT2D eigenvalue weighted by Gasteiger charge is -2.19. The van der Waals surface area contributed by atoms with Crippen LogP contribution in [0.2, 0.25) is 0 Å². The highest BCUT2D eigenvalue weighted by atomic mass is 14.3. The molecule has 0 fully saturated rings. The normalized spacial score (nSPS) is 22.1. The van der Waals surface area contributed by atoms with E-state index in [1.54, 1.807) is 0 Å². The molecular weight excluding hydrogens is 240 g/mol. The van der Waals surface area contributed by atoms with Gasteiger partial charge in [-0.1, -0.05) is 76.7 Å². The first-order valence-electron chi connectivity index (χ1n) is 9.20. The number of hydrogen-bond acceptors (Lipinski definition) is 0. The van der Waals surface area contributed by atoms with Crippen LogP contribution >= 0.6 is 0 Å². The average Bonchev–Trinajstić information content (AvgIpc) is 2.90. The summed E-state index contributed by atoms with van der Waals surface area (Å²) in [5, 5.41) is 0. The SMILES string of the molecule is CCC=CCCC[C@H]1CC=C[C@@H]1CCCCCCCC. The molecule has 0 N–H and O–H groups in total. The second-order valence-corrected chi connectivity index (χ2v) is 6.45. The van der Waals surface area contributed by atoms with Crippen molar-refractivity contribution in [1.82, 2.24) is 0 Å². The molecule has 2 atom stereocenters. The Balaban J connectivity index is 2.05. The fourth-order valence-corrected chi connectivity index (χ4v) is 3.37. The topological polar surface area (TPSA) is 0 Å². The molecule has 0 spiro atoms. The molecule has 0 saturated carbocycles. The smallest absolute Gasteiger partial charge is 0.0202 e. The summed E-state index contributed by atoms with van der Waals surface area (Å²) in [6.07, 6.45) is 26.3. The Morgan fingerprint density at radius 2 is 1.70 bits per heavy atom. The largest absolute Gasteiger partial charge is 0.0888 e. The van der Waals surface area contributed by atoms with E-state index in [1.807, 2.05) is 0 Å². The molecule has 116 valence electrons. The van der Waals surface area contributed by atoms with Crippen molar-refractivity contribution >= 4 is 0 Å². The minimum Gasteiger partial charge on any atom is -0.0888 e. The van der Waals surface area contributed by atoms with E-state index in [4.69, 9.17) is 0 Å². The van der Waals surface area contributed by atoms with E-state index in [-0.39, 0.29) is 0 Å². The third-order valence-corrected chi connectivity index (χ3v) is 4.67. The van der Waals surface area contributed by atoms with Gasteiger partial charge in [-0.15, -0.1) is 0 Å². The van der Waals surface area contributed by atoms with Gasteiger partial charge in [0, 0.05) is 0 Å². The molecule has 0 bridgehead atoms. The summed E-state index contributed by atoms with van der Waals surface area (Å²) in [5.41, 5.74) is 0. The van der Waals surface area contributed by atoms with Gasteiger partial charge in [0.2, 0.25) is 0 Å². The Kier molecular flexibility index (Phi) is 10.7. The summed E-state index contributed by atoms with van der Waals surface area (Å²) in [5.74, 6) is 1.86. The van der Waals surface area contributed by atoms with E-state index in [0.717, 1.165) is 11.8 Å². The molecule has 0 aromatic rings. The highest BCUT2D eigenvalue weighted by Gasteiger charge is 2.21. The standard InChI is InChI=1S/C20H36/c1-3-5-7-9-11-13-16-20-18-14-17-19(20)15-12-10-8-6-4-2/h6,8,14,18-20H,3-5,7,9-13,15-17H2,1-2H3/t19-,20-/m0/s1. The second kappa shape index (κ2) is 12.2. The molecule has 1 rings (SSSR count). The van der Waals surface area contributed by atoms with Gasteiger partial charge in [-0.3, -0.25) is 0 Å². The average molecular weight is 277 g/mol. The zero-order valence-corrected chi connectivity index (χ0v) is 13.9. The lowest BCUT2D eigenvalue weighted by atomic mass is 9.86. The molecule has 0 radical (unpaired) electrons. The Bertz CT molecular complexity index is 261. The molecule has 0 aromatic heterocycles. The van der Waals surface area contributed by atoms with E-state index < -0.39 is 0 Å². The van der Waals surface area contributed by atoms with Crippen LogP contribution in [-0.2, 0) is 0 Å². The van der Waals surface area contributed by atoms with Gasteiger partial charge in [-0.05, 0) is 50.4 Å². The molecular formula is C20H36. The monoisotopic (exact) mass is 276 g/mol. The second-order valence-electron chi connectivity index (χ2n) is 6.45. The van der Waals surface area contributed by atoms with E-state index in [2.05, 4.69) is 38.2 Å². The number of unbranched alkanes of at least 4 members (excludes halogenated alkanes) is 6. The Morgan fingerprint density at radius 3 is 2.50 bits per heavy atom. The maximum absolute atomic E-state index is 2.51. The summed E-state index contributed by atoms with van der Waals surface area (Å²) >= 11 is 0. The van der Waals surface area contributed by atoms with Crippen LogP contribution in [0.1, 0.15) is 90.9 Å². The molecule has 0 amide bonds. The van der Waals surface area contributed by atoms with Crippen LogP contribution in [0.4, 0.5) is 0 Å². The lowest BCUT2D eigenvalue weighted by Crippen LogP contribution is -2.08. The highest BCUT2D eigenvalue weighted by Crippen LogP contribution is 2.33. The Labute approximate surface area is 127 Å². The molecule has 0 aromatic carbocycles. The number of rotatable bonds is 12. The summed E-state index contributed by atoms with van der Waals surface area (Å²) in [6, 6.07) is 0. The molecule has 20 heavy (non-hydrogen) atoms. The molecule has 0 heterocycles. The van der Waals surface area contributed by atoms with Gasteiger partial charge < -0.3 is 0 Å². The molecule has 0 unspecified atom stereocenters. The van der Waals surface area contributed by atoms with E-state index in [0.29, 0.717) is 0 Å². The van der Waals surface area contributed by atoms with Crippen LogP contribution in [0.25, 0.3) is 0 Å². The van der Waals surface area contributed by atoms with Crippen LogP contribution in [0.15, 0.2) is 24.3 Å². The minimum atomic E-state index is 0.899. The summed E-state index contributed by atoms with van der Waals surface area (Å²) in [7, 11) is 0. The Morgan fingerprint density at radius 1 is 0.900 bits per heavy atom. The summed E-state index contributed by atoms with van der Waals surface area (Å²) in [6.45, 7) is 4.51. The van der Waals surface area contributed by atoms with Crippen molar-refractivity contribution in [2.45, 2.75) is 90.9 Å². The van der Waals surface area contributed by atoms with Crippen molar-refractivity contribution in [3.63, 3.8) is 0 Å². The molecule has 0 nitrogen and oxygen atoms in total. The molecule has 1 aliphatic rings. The van der Waals surface area contributed by atoms with Crippen LogP contribution in [-0.4, -0.2) is 0 Å². The number of allylic oxidation sites excluding steroid dienone is 4. The summed E-state index contributed by atoms with van der Waals surface area (Å²) in [4.78, 5) is 0. The van der Waals surface area contributed by atoms with E-state index >= 15 is 0 Å². The molecule has 1 aliphatic carbocycles. The van der Waals surface area contributed by atoms with Crippen LogP contribution in [0.5, 0.6) is 0 Å². The van der Waals surface area contributed by atoms with Crippen molar-refractivity contribution < 1.29 is 0 Å². The first kappa shape index (κ1) is 17.5. The van der Waals surface area contributed by atoms with Crippen molar-refractivity contribution in [1.29, 1.82) is 0 Å². The predicted molar refractivity (Wildman–Crippen MR) is 92.0 cm³/mol. The zero-order valence-electron chi connectivity index (χ0n) is 13.9. The lowest BCUT2D eigenvalue weighted by molar-refractivity contribution is 0.357. The fraction of sp³-hybridized carbons (Fsp3) is 0.800. The van der Waals surface area contributed by atoms with Crippen molar-refractivity contribution in [3.05, 3.63) is 24.3 Å². The van der Waals surface area contributed by atoms with Gasteiger partial charge in [-0.2, -0.15) is 0 Å². The van der Waals surface area contributed by atoms with Crippen LogP contribution in [0.3, 0.4) is 0 Å². The third-order valence-electron chi connectivity index (χ3n) is 4.67. The minimum absolute atomic E-state index is 0.899. The van der Waals surface area contributed by atoms with Gasteiger partial charge in [-0.25, -0.2) is 0 Å². The number of hydrogen-bond donors (Lipinski definition) is 0. The molecule has 0 aliphatic heterocycles. The third kappa shape index (κ3) is 7.92. The van der Waals surface area contributed by atoms with Gasteiger partial charge in [0.1, 0.15) is 0 Å². The Hall–Kier alpha value is -0.520. The maximum atomic E-state index is 2.51. The van der Waals surface area contributed by atoms with Crippen molar-refractivity contribution in [2.24, 2.45) is 11.8 Å². The van der Waals surface area contributed by atoms with Gasteiger partial charge in [0.05, 0.1) is 0 Å². The zero-order chi connectivity index (χ0) is 14.5. The highest BCUT2D eigenvalue weighted by molar-refractivity contribution is 5.01. The molecule has 0 heteroatoms. The van der Waals surface area contributed by atoms with Gasteiger partial charge in [0.15, 0.2) is 0 Å². The van der Waals surface area contributed by atoms with Crippen molar-refractivity contribution in [3.8, 4) is 0 Å². The van der Waals surface area contributed by atoms with Crippen LogP contribution in [0, 0.1) is 11.8 Å². The van der Waals surface area contributed by atoms with Gasteiger partial charge >= 0.3 is 0 Å². The molecule has 0 saturated heterocycles. The van der Waals surface area contributed by atoms with Crippen LogP contribution < -0.4 is 0 Å². The first-order chi connectivity index (χ1) is 9.88. The fourth-order valence-electron chi connectivity index (χ4n) is 3.37. The first-order valence-corrected chi connectivity index (χ1v) is 9.20.